The summed E-state index contributed by atoms with van der Waals surface area (Å²) < 4.78 is 0. The fourth-order valence-corrected chi connectivity index (χ4v) is 3.37. The molecule has 1 saturated heterocycles. The monoisotopic (exact) mass is 379 g/mol. The van der Waals surface area contributed by atoms with Crippen LogP contribution in [0.4, 0.5) is 5.82 Å². The first kappa shape index (κ1) is 17.8. The molecule has 2 aliphatic heterocycles. The summed E-state index contributed by atoms with van der Waals surface area (Å²) in [4.78, 5) is 50.0. The number of anilines is 1. The van der Waals surface area contributed by atoms with E-state index in [-0.39, 0.29) is 30.7 Å². The number of piperidine rings is 1. The molecule has 0 bridgehead atoms. The van der Waals surface area contributed by atoms with E-state index in [1.807, 2.05) is 0 Å². The molecule has 1 aromatic heterocycles. The molecular weight excluding hydrogens is 362 g/mol. The topological polar surface area (TPSA) is 121 Å². The van der Waals surface area contributed by atoms with Crippen LogP contribution in [0.2, 0.25) is 0 Å². The number of nitrogens with zero attached hydrogens (tertiary/aromatic N) is 3. The highest BCUT2D eigenvalue weighted by atomic mass is 16.2. The van der Waals surface area contributed by atoms with Crippen molar-refractivity contribution in [1.29, 1.82) is 0 Å². The number of benzene rings is 1. The molecule has 4 rings (SSSR count). The van der Waals surface area contributed by atoms with E-state index >= 15 is 0 Å². The maximum Gasteiger partial charge on any atom is 0.256 e. The molecule has 3 heterocycles. The zero-order chi connectivity index (χ0) is 19.8. The number of hydrogen-bond donors (Lipinski definition) is 2. The van der Waals surface area contributed by atoms with E-state index in [0.29, 0.717) is 28.9 Å². The molecule has 1 fully saturated rings. The van der Waals surface area contributed by atoms with E-state index in [0.717, 1.165) is 5.69 Å². The van der Waals surface area contributed by atoms with Crippen LogP contribution < -0.4 is 10.6 Å². The molecule has 4 amide bonds. The number of hydrogen-bond acceptors (Lipinski definition) is 6. The van der Waals surface area contributed by atoms with Crippen molar-refractivity contribution < 1.29 is 19.2 Å². The highest BCUT2D eigenvalue weighted by Gasteiger charge is 2.39. The van der Waals surface area contributed by atoms with E-state index < -0.39 is 11.9 Å². The smallest absolute Gasteiger partial charge is 0.256 e. The number of carbonyl (C=O) groups is 4. The van der Waals surface area contributed by atoms with Gasteiger partial charge in [0.1, 0.15) is 6.04 Å². The van der Waals surface area contributed by atoms with Crippen LogP contribution in [0.15, 0.2) is 30.3 Å². The Labute approximate surface area is 160 Å². The number of rotatable bonds is 3. The van der Waals surface area contributed by atoms with Gasteiger partial charge in [0.15, 0.2) is 5.82 Å². The number of aromatic nitrogens is 2. The fraction of sp³-hybridized carbons (Fsp3) is 0.263. The van der Waals surface area contributed by atoms with E-state index in [1.54, 1.807) is 37.3 Å². The van der Waals surface area contributed by atoms with Crippen LogP contribution in [-0.2, 0) is 16.1 Å². The Balaban J connectivity index is 1.52. The molecule has 9 heteroatoms. The van der Waals surface area contributed by atoms with Gasteiger partial charge in [0.2, 0.25) is 11.8 Å². The third kappa shape index (κ3) is 3.22. The summed E-state index contributed by atoms with van der Waals surface area (Å²) in [5, 5.41) is 12.7. The largest absolute Gasteiger partial charge is 0.322 e. The molecule has 1 unspecified atom stereocenters. The van der Waals surface area contributed by atoms with Crippen molar-refractivity contribution in [1.82, 2.24) is 20.4 Å². The van der Waals surface area contributed by atoms with Crippen LogP contribution in [0, 0.1) is 6.92 Å². The Bertz CT molecular complexity index is 1000. The summed E-state index contributed by atoms with van der Waals surface area (Å²) >= 11 is 0. The predicted octanol–water partition coefficient (Wildman–Crippen LogP) is 0.798. The summed E-state index contributed by atoms with van der Waals surface area (Å²) in [5.74, 6) is -1.11. The van der Waals surface area contributed by atoms with Gasteiger partial charge in [0.05, 0.1) is 5.69 Å². The van der Waals surface area contributed by atoms with Crippen molar-refractivity contribution in [3.8, 4) is 0 Å². The lowest BCUT2D eigenvalue weighted by atomic mass is 10.0. The molecule has 1 aromatic carbocycles. The van der Waals surface area contributed by atoms with Gasteiger partial charge < -0.3 is 10.2 Å². The van der Waals surface area contributed by atoms with Gasteiger partial charge in [-0.25, -0.2) is 0 Å². The van der Waals surface area contributed by atoms with Gasteiger partial charge in [-0.1, -0.05) is 0 Å². The second kappa shape index (κ2) is 6.84. The Kier molecular flexibility index (Phi) is 4.34. The maximum atomic E-state index is 12.7. The normalized spacial score (nSPS) is 18.7. The van der Waals surface area contributed by atoms with Crippen molar-refractivity contribution in [2.45, 2.75) is 32.4 Å². The average molecular weight is 379 g/mol. The van der Waals surface area contributed by atoms with Crippen LogP contribution in [0.3, 0.4) is 0 Å². The van der Waals surface area contributed by atoms with Crippen molar-refractivity contribution in [3.63, 3.8) is 0 Å². The Morgan fingerprint density at radius 3 is 2.71 bits per heavy atom. The fourth-order valence-electron chi connectivity index (χ4n) is 3.37. The van der Waals surface area contributed by atoms with Gasteiger partial charge in [-0.3, -0.25) is 24.5 Å². The first-order valence-electron chi connectivity index (χ1n) is 8.81. The molecule has 0 aliphatic carbocycles. The molecule has 9 nitrogen and oxygen atoms in total. The number of aryl methyl sites for hydroxylation is 1. The summed E-state index contributed by atoms with van der Waals surface area (Å²) in [6.07, 6.45) is 0.492. The van der Waals surface area contributed by atoms with E-state index in [1.165, 1.54) is 4.90 Å². The van der Waals surface area contributed by atoms with Crippen LogP contribution in [0.25, 0.3) is 0 Å². The van der Waals surface area contributed by atoms with E-state index in [2.05, 4.69) is 20.8 Å². The third-order valence-corrected chi connectivity index (χ3v) is 4.83. The molecular formula is C19H17N5O4. The van der Waals surface area contributed by atoms with Gasteiger partial charge in [-0.2, -0.15) is 5.10 Å². The number of carbonyl (C=O) groups excluding carboxylic acids is 4. The lowest BCUT2D eigenvalue weighted by molar-refractivity contribution is -0.136. The maximum absolute atomic E-state index is 12.7. The van der Waals surface area contributed by atoms with Gasteiger partial charge in [-0.15, -0.1) is 5.10 Å². The molecule has 2 N–H and O–H groups in total. The second-order valence-corrected chi connectivity index (χ2v) is 6.79. The van der Waals surface area contributed by atoms with Crippen LogP contribution in [0.5, 0.6) is 0 Å². The lowest BCUT2D eigenvalue weighted by Gasteiger charge is -2.29. The number of amides is 4. The molecule has 2 aromatic rings. The van der Waals surface area contributed by atoms with Gasteiger partial charge >= 0.3 is 0 Å². The van der Waals surface area contributed by atoms with Crippen LogP contribution >= 0.6 is 0 Å². The molecule has 0 radical (unpaired) electrons. The molecule has 0 spiro atoms. The van der Waals surface area contributed by atoms with E-state index in [9.17, 15) is 19.2 Å². The lowest BCUT2D eigenvalue weighted by Crippen LogP contribution is -2.52. The third-order valence-electron chi connectivity index (χ3n) is 4.83. The van der Waals surface area contributed by atoms with Crippen LogP contribution in [0.1, 0.15) is 44.8 Å². The zero-order valence-electron chi connectivity index (χ0n) is 15.1. The van der Waals surface area contributed by atoms with Crippen molar-refractivity contribution >= 4 is 29.4 Å². The SMILES string of the molecule is Cc1ccc(NC(=O)c2ccc3c(c2)CN(C2CCC(=O)NC2=O)C3=O)nn1. The van der Waals surface area contributed by atoms with Crippen molar-refractivity contribution in [3.05, 3.63) is 52.7 Å². The molecule has 2 aliphatic rings. The zero-order valence-corrected chi connectivity index (χ0v) is 15.1. The predicted molar refractivity (Wildman–Crippen MR) is 97.2 cm³/mol. The standard InChI is InChI=1S/C19H17N5O4/c1-10-2-6-15(23-22-10)20-17(26)11-3-4-13-12(8-11)9-24(19(13)28)14-5-7-16(25)21-18(14)27/h2-4,6,8,14H,5,7,9H2,1H3,(H,20,23,26)(H,21,25,27). The van der Waals surface area contributed by atoms with Crippen LogP contribution in [-0.4, -0.2) is 44.8 Å². The number of nitrogens with one attached hydrogen (secondary N) is 2. The van der Waals surface area contributed by atoms with Gasteiger partial charge in [-0.05, 0) is 49.2 Å². The molecule has 28 heavy (non-hydrogen) atoms. The number of imide groups is 1. The van der Waals surface area contributed by atoms with Gasteiger partial charge in [0.25, 0.3) is 11.8 Å². The van der Waals surface area contributed by atoms with Gasteiger partial charge in [0, 0.05) is 24.1 Å². The molecule has 0 saturated carbocycles. The summed E-state index contributed by atoms with van der Waals surface area (Å²) in [7, 11) is 0. The Hall–Kier alpha value is -3.62. The average Bonchev–Trinajstić information content (AvgIpc) is 2.99. The highest BCUT2D eigenvalue weighted by molar-refractivity contribution is 6.07. The quantitative estimate of drug-likeness (QED) is 0.761. The highest BCUT2D eigenvalue weighted by Crippen LogP contribution is 2.28. The minimum atomic E-state index is -0.683. The Morgan fingerprint density at radius 1 is 1.18 bits per heavy atom. The van der Waals surface area contributed by atoms with Crippen molar-refractivity contribution in [2.24, 2.45) is 0 Å². The first-order valence-corrected chi connectivity index (χ1v) is 8.81. The molecule has 142 valence electrons. The van der Waals surface area contributed by atoms with E-state index in [4.69, 9.17) is 0 Å². The minimum absolute atomic E-state index is 0.196. The number of fused-ring (bicyclic) bond motifs is 1. The summed E-state index contributed by atoms with van der Waals surface area (Å²) in [5.41, 5.74) is 2.23. The summed E-state index contributed by atoms with van der Waals surface area (Å²) in [6, 6.07) is 7.48. The minimum Gasteiger partial charge on any atom is -0.322 e. The Morgan fingerprint density at radius 2 is 2.00 bits per heavy atom. The first-order chi connectivity index (χ1) is 13.4. The summed E-state index contributed by atoms with van der Waals surface area (Å²) in [6.45, 7) is 2.01. The van der Waals surface area contributed by atoms with Crippen molar-refractivity contribution in [2.75, 3.05) is 5.32 Å². The second-order valence-electron chi connectivity index (χ2n) is 6.79. The molecule has 1 atom stereocenters.